The molecule has 0 saturated carbocycles. The minimum Gasteiger partial charge on any atom is -0.421 e. The first kappa shape index (κ1) is 23.5. The van der Waals surface area contributed by atoms with E-state index in [1.807, 2.05) is 13.8 Å². The Balaban J connectivity index is 1.70. The van der Waals surface area contributed by atoms with Crippen molar-refractivity contribution in [2.45, 2.75) is 43.1 Å². The second-order valence-electron chi connectivity index (χ2n) is 8.64. The van der Waals surface area contributed by atoms with E-state index in [-0.39, 0.29) is 39.0 Å². The molecule has 0 spiro atoms. The average Bonchev–Trinajstić information content (AvgIpc) is 3.01. The summed E-state index contributed by atoms with van der Waals surface area (Å²) in [4.78, 5) is 25.7. The van der Waals surface area contributed by atoms with Crippen molar-refractivity contribution in [3.63, 3.8) is 0 Å². The topological polar surface area (TPSA) is 98.8 Å². The molecule has 1 aromatic heterocycles. The van der Waals surface area contributed by atoms with E-state index < -0.39 is 44.9 Å². The lowest BCUT2D eigenvalue weighted by Crippen LogP contribution is -2.52. The molecule has 0 atom stereocenters. The lowest BCUT2D eigenvalue weighted by atomic mass is 9.74. The molecule has 1 aliphatic heterocycles. The van der Waals surface area contributed by atoms with Gasteiger partial charge < -0.3 is 14.8 Å². The number of ketones is 1. The number of alkyl halides is 4. The first-order valence-electron chi connectivity index (χ1n) is 9.49. The fourth-order valence-corrected chi connectivity index (χ4v) is 6.16. The molecule has 2 aliphatic rings. The highest BCUT2D eigenvalue weighted by molar-refractivity contribution is 7.92. The number of thiophene rings is 1. The zero-order chi connectivity index (χ0) is 24.6. The van der Waals surface area contributed by atoms with Gasteiger partial charge in [-0.2, -0.15) is 17.6 Å². The molecule has 1 amide bonds. The molecule has 2 heterocycles. The molecule has 0 radical (unpaired) electrons. The summed E-state index contributed by atoms with van der Waals surface area (Å²) in [6, 6.07) is 2.93. The third kappa shape index (κ3) is 4.07. The van der Waals surface area contributed by atoms with E-state index in [0.717, 1.165) is 24.5 Å². The van der Waals surface area contributed by atoms with Crippen molar-refractivity contribution < 1.29 is 45.0 Å². The van der Waals surface area contributed by atoms with Crippen molar-refractivity contribution in [1.29, 1.82) is 0 Å². The number of Topliss-reactive ketones (excluding diaryl/α,β-unsaturated/α-hetero) is 1. The van der Waals surface area contributed by atoms with E-state index in [1.54, 1.807) is 0 Å². The molecule has 0 bridgehead atoms. The van der Waals surface area contributed by atoms with Crippen LogP contribution in [0.4, 0.5) is 23.2 Å². The molecule has 1 aliphatic carbocycles. The number of hydrogen-bond acceptors (Lipinski definition) is 7. The fraction of sp³-hybridized carbons (Fsp3) is 0.400. The first-order chi connectivity index (χ1) is 15.0. The van der Waals surface area contributed by atoms with Crippen molar-refractivity contribution in [1.82, 2.24) is 0 Å². The van der Waals surface area contributed by atoms with Crippen molar-refractivity contribution >= 4 is 38.6 Å². The summed E-state index contributed by atoms with van der Waals surface area (Å²) in [6.45, 7) is 3.62. The van der Waals surface area contributed by atoms with Gasteiger partial charge in [-0.05, 0) is 29.5 Å². The van der Waals surface area contributed by atoms with Crippen LogP contribution in [0.3, 0.4) is 0 Å². The quantitative estimate of drug-likeness (QED) is 0.614. The van der Waals surface area contributed by atoms with Gasteiger partial charge in [0.2, 0.25) is 0 Å². The van der Waals surface area contributed by atoms with Gasteiger partial charge in [0.15, 0.2) is 27.1 Å². The van der Waals surface area contributed by atoms with E-state index in [9.17, 15) is 35.6 Å². The molecule has 33 heavy (non-hydrogen) atoms. The Morgan fingerprint density at radius 2 is 1.67 bits per heavy atom. The van der Waals surface area contributed by atoms with Gasteiger partial charge in [-0.15, -0.1) is 11.3 Å². The Hall–Kier alpha value is -2.67. The molecule has 7 nitrogen and oxygen atoms in total. The van der Waals surface area contributed by atoms with Crippen molar-refractivity contribution in [3.05, 3.63) is 34.2 Å². The Morgan fingerprint density at radius 3 is 2.27 bits per heavy atom. The van der Waals surface area contributed by atoms with Crippen molar-refractivity contribution in [3.8, 4) is 11.5 Å². The monoisotopic (exact) mass is 507 g/mol. The van der Waals surface area contributed by atoms with Crippen LogP contribution in [0.2, 0.25) is 0 Å². The summed E-state index contributed by atoms with van der Waals surface area (Å²) in [5.74, 6) is -2.54. The largest absolute Gasteiger partial charge is 0.507 e. The standard InChI is InChI=1S/C20H17F4NO6S2/c1-18(2)7-10-14(11(26)8-18)17(33(3,28)29)32-15(10)16(27)25-9-4-5-12-13(6-9)31-20(23,24)19(21,22)30-12/h4-6H,7-8H2,1-3H3,(H,25,27). The SMILES string of the molecule is CC1(C)CC(=O)c2c(S(C)(=O)=O)sc(C(=O)Nc3ccc4c(c3)OC(F)(F)C(F)(F)O4)c2C1. The first-order valence-corrected chi connectivity index (χ1v) is 12.2. The molecule has 0 fully saturated rings. The summed E-state index contributed by atoms with van der Waals surface area (Å²) < 4.78 is 85.9. The fourth-order valence-electron chi connectivity index (χ4n) is 3.73. The Kier molecular flexibility index (Phi) is 5.10. The smallest absolute Gasteiger partial charge is 0.421 e. The van der Waals surface area contributed by atoms with Crippen LogP contribution < -0.4 is 14.8 Å². The van der Waals surface area contributed by atoms with Crippen LogP contribution >= 0.6 is 11.3 Å². The van der Waals surface area contributed by atoms with Gasteiger partial charge in [-0.3, -0.25) is 9.59 Å². The third-order valence-electron chi connectivity index (χ3n) is 5.11. The number of halogens is 4. The number of sulfone groups is 1. The number of ether oxygens (including phenoxy) is 2. The molecule has 1 aromatic carbocycles. The molecule has 4 rings (SSSR count). The summed E-state index contributed by atoms with van der Waals surface area (Å²) >= 11 is 0.646. The van der Waals surface area contributed by atoms with Gasteiger partial charge in [-0.25, -0.2) is 8.42 Å². The molecule has 178 valence electrons. The van der Waals surface area contributed by atoms with Crippen LogP contribution in [0.15, 0.2) is 22.4 Å². The van der Waals surface area contributed by atoms with Gasteiger partial charge >= 0.3 is 12.2 Å². The molecule has 0 saturated heterocycles. The third-order valence-corrected chi connectivity index (χ3v) is 8.17. The molecule has 13 heteroatoms. The zero-order valence-corrected chi connectivity index (χ0v) is 19.1. The maximum Gasteiger partial charge on any atom is 0.507 e. The Bertz CT molecular complexity index is 1300. The molecule has 1 N–H and O–H groups in total. The van der Waals surface area contributed by atoms with Crippen molar-refractivity contribution in [2.75, 3.05) is 11.6 Å². The number of fused-ring (bicyclic) bond motifs is 2. The van der Waals surface area contributed by atoms with Gasteiger partial charge in [-0.1, -0.05) is 13.8 Å². The second-order valence-corrected chi connectivity index (χ2v) is 11.9. The minimum absolute atomic E-state index is 0.00368. The van der Waals surface area contributed by atoms with Gasteiger partial charge in [0.05, 0.1) is 10.4 Å². The van der Waals surface area contributed by atoms with E-state index >= 15 is 0 Å². The predicted octanol–water partition coefficient (Wildman–Crippen LogP) is 4.52. The molecular formula is C20H17F4NO6S2. The van der Waals surface area contributed by atoms with Crippen LogP contribution in [-0.4, -0.2) is 38.6 Å². The van der Waals surface area contributed by atoms with Crippen LogP contribution in [0.25, 0.3) is 0 Å². The van der Waals surface area contributed by atoms with E-state index in [4.69, 9.17) is 0 Å². The van der Waals surface area contributed by atoms with Crippen LogP contribution in [-0.2, 0) is 16.3 Å². The Morgan fingerprint density at radius 1 is 1.06 bits per heavy atom. The lowest BCUT2D eigenvalue weighted by molar-refractivity contribution is -0.391. The molecule has 2 aromatic rings. The normalized spacial score (nSPS) is 20.2. The minimum atomic E-state index is -4.92. The summed E-state index contributed by atoms with van der Waals surface area (Å²) in [6.07, 6.45) is -8.48. The maximum absolute atomic E-state index is 13.5. The van der Waals surface area contributed by atoms with Gasteiger partial charge in [0, 0.05) is 24.4 Å². The Labute approximate surface area is 189 Å². The average molecular weight is 507 g/mol. The highest BCUT2D eigenvalue weighted by Gasteiger charge is 2.66. The second kappa shape index (κ2) is 7.16. The predicted molar refractivity (Wildman–Crippen MR) is 109 cm³/mol. The number of rotatable bonds is 3. The van der Waals surface area contributed by atoms with E-state index in [1.165, 1.54) is 0 Å². The number of nitrogens with one attached hydrogen (secondary N) is 1. The van der Waals surface area contributed by atoms with Crippen molar-refractivity contribution in [2.24, 2.45) is 5.41 Å². The van der Waals surface area contributed by atoms with Crippen LogP contribution in [0.1, 0.15) is 45.9 Å². The van der Waals surface area contributed by atoms with E-state index in [2.05, 4.69) is 14.8 Å². The van der Waals surface area contributed by atoms with E-state index in [0.29, 0.717) is 16.9 Å². The number of amides is 1. The van der Waals surface area contributed by atoms with Gasteiger partial charge in [0.25, 0.3) is 5.91 Å². The van der Waals surface area contributed by atoms with Crippen LogP contribution in [0, 0.1) is 5.41 Å². The summed E-state index contributed by atoms with van der Waals surface area (Å²) in [7, 11) is -3.81. The molecular weight excluding hydrogens is 490 g/mol. The maximum atomic E-state index is 13.5. The van der Waals surface area contributed by atoms with Gasteiger partial charge in [0.1, 0.15) is 4.21 Å². The summed E-state index contributed by atoms with van der Waals surface area (Å²) in [5, 5.41) is 2.41. The number of carbonyl (C=O) groups is 2. The number of carbonyl (C=O) groups excluding carboxylic acids is 2. The zero-order valence-electron chi connectivity index (χ0n) is 17.4. The lowest BCUT2D eigenvalue weighted by Gasteiger charge is -2.32. The highest BCUT2D eigenvalue weighted by Crippen LogP contribution is 2.48. The number of hydrogen-bond donors (Lipinski definition) is 1. The highest BCUT2D eigenvalue weighted by atomic mass is 32.2. The summed E-state index contributed by atoms with van der Waals surface area (Å²) in [5.41, 5.74) is -0.310. The number of anilines is 1. The van der Waals surface area contributed by atoms with Crippen LogP contribution in [0.5, 0.6) is 11.5 Å². The number of benzene rings is 1. The molecule has 0 unspecified atom stereocenters.